The number of rotatable bonds is 3. The fraction of sp³-hybridized carbons (Fsp3) is 0.350. The average Bonchev–Trinajstić information content (AvgIpc) is 2.72. The van der Waals surface area contributed by atoms with Crippen LogP contribution >= 0.6 is 11.8 Å². The molecule has 0 saturated heterocycles. The lowest BCUT2D eigenvalue weighted by atomic mass is 9.59. The van der Waals surface area contributed by atoms with Gasteiger partial charge in [0.25, 0.3) is 0 Å². The molecule has 0 bridgehead atoms. The van der Waals surface area contributed by atoms with Crippen molar-refractivity contribution in [1.82, 2.24) is 0 Å². The Bertz CT molecular complexity index is 948. The second kappa shape index (κ2) is 7.27. The summed E-state index contributed by atoms with van der Waals surface area (Å²) >= 11 is 1.70. The largest absolute Gasteiger partial charge is 0.493 e. The van der Waals surface area contributed by atoms with Gasteiger partial charge in [0, 0.05) is 28.9 Å². The van der Waals surface area contributed by atoms with Gasteiger partial charge in [0.15, 0.2) is 16.9 Å². The molecule has 2 aliphatic rings. The number of nitrogens with two attached hydrogens (primary N) is 1. The van der Waals surface area contributed by atoms with E-state index in [0.29, 0.717) is 22.8 Å². The van der Waals surface area contributed by atoms with Crippen molar-refractivity contribution >= 4 is 11.8 Å². The van der Waals surface area contributed by atoms with Crippen LogP contribution in [0.4, 0.5) is 0 Å². The molecule has 0 unspecified atom stereocenters. The minimum atomic E-state index is -1.66. The maximum absolute atomic E-state index is 10.0. The smallest absolute Gasteiger partial charge is 0.191 e. The quantitative estimate of drug-likeness (QED) is 0.859. The van der Waals surface area contributed by atoms with Crippen LogP contribution in [0.5, 0.6) is 11.5 Å². The molecule has 1 aliphatic carbocycles. The van der Waals surface area contributed by atoms with Crippen LogP contribution in [0, 0.1) is 45.3 Å². The van der Waals surface area contributed by atoms with E-state index in [1.807, 2.05) is 12.1 Å². The standard InChI is InChI=1S/C20H18N4O2S/c1-25-16-5-3-4-13(18(16)26-2)17-15-9-27-7-6-12(15)14(8-21)19(24)20(17,10-22)11-23/h3-6,15,17H,7,9,24H2,1-2H3/t15-,17+/m0/s1. The first-order valence-corrected chi connectivity index (χ1v) is 9.46. The molecular weight excluding hydrogens is 360 g/mol. The van der Waals surface area contributed by atoms with E-state index in [1.165, 1.54) is 14.2 Å². The van der Waals surface area contributed by atoms with E-state index >= 15 is 0 Å². The maximum Gasteiger partial charge on any atom is 0.191 e. The van der Waals surface area contributed by atoms with Crippen LogP contribution in [0.25, 0.3) is 0 Å². The van der Waals surface area contributed by atoms with E-state index < -0.39 is 11.3 Å². The van der Waals surface area contributed by atoms with E-state index in [-0.39, 0.29) is 17.2 Å². The SMILES string of the molecule is COc1cccc([C@@H]2[C@H]3CSCC=C3C(C#N)=C(N)C2(C#N)C#N)c1OC. The Morgan fingerprint density at radius 1 is 1.19 bits per heavy atom. The molecule has 136 valence electrons. The van der Waals surface area contributed by atoms with Gasteiger partial charge in [-0.05, 0) is 11.6 Å². The lowest BCUT2D eigenvalue weighted by Gasteiger charge is -2.43. The number of para-hydroxylation sites is 1. The van der Waals surface area contributed by atoms with Crippen LogP contribution in [-0.4, -0.2) is 25.7 Å². The lowest BCUT2D eigenvalue weighted by molar-refractivity contribution is 0.324. The van der Waals surface area contributed by atoms with Gasteiger partial charge in [-0.1, -0.05) is 18.2 Å². The zero-order chi connectivity index (χ0) is 19.6. The Kier molecular flexibility index (Phi) is 5.04. The fourth-order valence-electron chi connectivity index (χ4n) is 3.99. The lowest BCUT2D eigenvalue weighted by Crippen LogP contribution is -2.43. The Labute approximate surface area is 162 Å². The van der Waals surface area contributed by atoms with Gasteiger partial charge < -0.3 is 15.2 Å². The number of nitrogens with zero attached hydrogens (tertiary/aromatic N) is 3. The van der Waals surface area contributed by atoms with E-state index in [2.05, 4.69) is 18.2 Å². The Hall–Kier alpha value is -3.08. The number of hydrogen-bond acceptors (Lipinski definition) is 7. The number of fused-ring (bicyclic) bond motifs is 1. The molecule has 0 aromatic heterocycles. The molecule has 1 aromatic carbocycles. The molecule has 7 heteroatoms. The summed E-state index contributed by atoms with van der Waals surface area (Å²) in [5.74, 6) is 1.66. The van der Waals surface area contributed by atoms with Gasteiger partial charge in [-0.3, -0.25) is 0 Å². The molecule has 1 heterocycles. The number of allylic oxidation sites excluding steroid dienone is 3. The van der Waals surface area contributed by atoms with Gasteiger partial charge >= 0.3 is 0 Å². The average molecular weight is 378 g/mol. The van der Waals surface area contributed by atoms with Crippen molar-refractivity contribution in [2.45, 2.75) is 5.92 Å². The molecule has 6 nitrogen and oxygen atoms in total. The number of thioether (sulfide) groups is 1. The molecular formula is C20H18N4O2S. The molecule has 2 atom stereocenters. The Morgan fingerprint density at radius 2 is 1.93 bits per heavy atom. The first-order chi connectivity index (χ1) is 13.1. The van der Waals surface area contributed by atoms with Crippen LogP contribution < -0.4 is 15.2 Å². The molecule has 0 spiro atoms. The second-order valence-electron chi connectivity index (χ2n) is 6.30. The summed E-state index contributed by atoms with van der Waals surface area (Å²) in [6, 6.07) is 11.8. The summed E-state index contributed by atoms with van der Waals surface area (Å²) in [7, 11) is 3.06. The predicted octanol–water partition coefficient (Wildman–Crippen LogP) is 2.86. The maximum atomic E-state index is 10.0. The molecule has 2 N–H and O–H groups in total. The van der Waals surface area contributed by atoms with Crippen molar-refractivity contribution in [3.05, 3.63) is 46.7 Å². The minimum Gasteiger partial charge on any atom is -0.493 e. The predicted molar refractivity (Wildman–Crippen MR) is 102 cm³/mol. The first-order valence-electron chi connectivity index (χ1n) is 8.31. The third-order valence-electron chi connectivity index (χ3n) is 5.20. The summed E-state index contributed by atoms with van der Waals surface area (Å²) in [4.78, 5) is 0. The second-order valence-corrected chi connectivity index (χ2v) is 7.37. The highest BCUT2D eigenvalue weighted by Gasteiger charge is 2.54. The highest BCUT2D eigenvalue weighted by molar-refractivity contribution is 7.99. The molecule has 3 rings (SSSR count). The van der Waals surface area contributed by atoms with Crippen molar-refractivity contribution < 1.29 is 9.47 Å². The normalized spacial score (nSPS) is 23.1. The van der Waals surface area contributed by atoms with Crippen molar-refractivity contribution in [3.8, 4) is 29.7 Å². The third-order valence-corrected chi connectivity index (χ3v) is 6.20. The van der Waals surface area contributed by atoms with Crippen LogP contribution in [-0.2, 0) is 0 Å². The van der Waals surface area contributed by atoms with Crippen molar-refractivity contribution in [2.75, 3.05) is 25.7 Å². The highest BCUT2D eigenvalue weighted by atomic mass is 32.2. The van der Waals surface area contributed by atoms with Gasteiger partial charge in [0.05, 0.1) is 37.6 Å². The summed E-state index contributed by atoms with van der Waals surface area (Å²) in [5, 5.41) is 29.8. The molecule has 1 aliphatic heterocycles. The molecule has 0 fully saturated rings. The van der Waals surface area contributed by atoms with Crippen molar-refractivity contribution in [2.24, 2.45) is 17.1 Å². The van der Waals surface area contributed by atoms with Gasteiger partial charge in [-0.15, -0.1) is 0 Å². The van der Waals surface area contributed by atoms with Gasteiger partial charge in [-0.25, -0.2) is 0 Å². The zero-order valence-electron chi connectivity index (χ0n) is 15.0. The summed E-state index contributed by atoms with van der Waals surface area (Å²) in [6.07, 6.45) is 1.97. The fourth-order valence-corrected chi connectivity index (χ4v) is 5.05. The molecule has 0 radical (unpaired) electrons. The third kappa shape index (κ3) is 2.62. The summed E-state index contributed by atoms with van der Waals surface area (Å²) < 4.78 is 11.0. The van der Waals surface area contributed by atoms with Crippen LogP contribution in [0.2, 0.25) is 0 Å². The minimum absolute atomic E-state index is 0.0132. The number of methoxy groups -OCH3 is 2. The van der Waals surface area contributed by atoms with Crippen molar-refractivity contribution in [3.63, 3.8) is 0 Å². The number of benzene rings is 1. The molecule has 27 heavy (non-hydrogen) atoms. The van der Waals surface area contributed by atoms with Gasteiger partial charge in [-0.2, -0.15) is 27.5 Å². The number of hydrogen-bond donors (Lipinski definition) is 1. The topological polar surface area (TPSA) is 116 Å². The van der Waals surface area contributed by atoms with Crippen molar-refractivity contribution in [1.29, 1.82) is 15.8 Å². The van der Waals surface area contributed by atoms with Crippen LogP contribution in [0.15, 0.2) is 41.1 Å². The monoisotopic (exact) mass is 378 g/mol. The highest BCUT2D eigenvalue weighted by Crippen LogP contribution is 2.57. The zero-order valence-corrected chi connectivity index (χ0v) is 15.8. The van der Waals surface area contributed by atoms with Gasteiger partial charge in [0.2, 0.25) is 0 Å². The number of ether oxygens (including phenoxy) is 2. The van der Waals surface area contributed by atoms with Gasteiger partial charge in [0.1, 0.15) is 6.07 Å². The van der Waals surface area contributed by atoms with E-state index in [0.717, 1.165) is 11.3 Å². The molecule has 0 amide bonds. The van der Waals surface area contributed by atoms with E-state index in [4.69, 9.17) is 15.2 Å². The van der Waals surface area contributed by atoms with E-state index in [9.17, 15) is 15.8 Å². The van der Waals surface area contributed by atoms with Crippen LogP contribution in [0.1, 0.15) is 11.5 Å². The van der Waals surface area contributed by atoms with Crippen LogP contribution in [0.3, 0.4) is 0 Å². The summed E-state index contributed by atoms with van der Waals surface area (Å²) in [6.45, 7) is 0. The Morgan fingerprint density at radius 3 is 2.52 bits per heavy atom. The molecule has 0 saturated carbocycles. The molecule has 1 aromatic rings. The summed E-state index contributed by atoms with van der Waals surface area (Å²) in [5.41, 5.74) is 6.37. The first kappa shape index (κ1) is 18.7. The Balaban J connectivity index is 2.38. The number of nitriles is 3. The van der Waals surface area contributed by atoms with E-state index in [1.54, 1.807) is 23.9 Å².